The second kappa shape index (κ2) is 6.61. The van der Waals surface area contributed by atoms with Crippen molar-refractivity contribution in [3.8, 4) is 0 Å². The second-order valence-electron chi connectivity index (χ2n) is 7.15. The predicted octanol–water partition coefficient (Wildman–Crippen LogP) is 2.71. The summed E-state index contributed by atoms with van der Waals surface area (Å²) in [6, 6.07) is 11.8. The van der Waals surface area contributed by atoms with Crippen LogP contribution in [-0.2, 0) is 7.05 Å². The van der Waals surface area contributed by atoms with Crippen molar-refractivity contribution < 1.29 is 9.21 Å². The summed E-state index contributed by atoms with van der Waals surface area (Å²) in [5.41, 5.74) is 5.17. The topological polar surface area (TPSA) is 58.7 Å². The number of amides is 1. The molecular formula is C21H23N3O3. The monoisotopic (exact) mass is 365 g/mol. The fourth-order valence-corrected chi connectivity index (χ4v) is 3.70. The molecular weight excluding hydrogens is 342 g/mol. The molecule has 27 heavy (non-hydrogen) atoms. The molecule has 0 radical (unpaired) electrons. The van der Waals surface area contributed by atoms with Crippen molar-refractivity contribution in [3.05, 3.63) is 63.6 Å². The number of hydrogen-bond donors (Lipinski definition) is 0. The predicted molar refractivity (Wildman–Crippen MR) is 105 cm³/mol. The minimum atomic E-state index is -0.454. The highest BCUT2D eigenvalue weighted by Gasteiger charge is 2.25. The normalized spacial score (nSPS) is 14.8. The molecule has 0 bridgehead atoms. The molecule has 3 aromatic rings. The van der Waals surface area contributed by atoms with Crippen molar-refractivity contribution in [2.75, 3.05) is 31.1 Å². The van der Waals surface area contributed by atoms with E-state index >= 15 is 0 Å². The number of hydrogen-bond acceptors (Lipinski definition) is 4. The molecule has 140 valence electrons. The summed E-state index contributed by atoms with van der Waals surface area (Å²) in [6.07, 6.45) is 0. The van der Waals surface area contributed by atoms with Crippen molar-refractivity contribution in [2.45, 2.75) is 13.8 Å². The Morgan fingerprint density at radius 1 is 1.04 bits per heavy atom. The molecule has 6 nitrogen and oxygen atoms in total. The quantitative estimate of drug-likeness (QED) is 0.701. The Morgan fingerprint density at radius 2 is 1.78 bits per heavy atom. The zero-order valence-electron chi connectivity index (χ0n) is 15.9. The number of para-hydroxylation sites is 1. The van der Waals surface area contributed by atoms with Gasteiger partial charge in [-0.15, -0.1) is 0 Å². The SMILES string of the molecule is Cc1ccc(C)c(N2CCN(C(=O)c3cccc4c3oc(=O)n4C)CC2)c1. The third kappa shape index (κ3) is 3.01. The highest BCUT2D eigenvalue weighted by atomic mass is 16.4. The molecule has 0 saturated carbocycles. The van der Waals surface area contributed by atoms with Crippen molar-refractivity contribution in [1.29, 1.82) is 0 Å². The van der Waals surface area contributed by atoms with Gasteiger partial charge in [-0.05, 0) is 43.2 Å². The van der Waals surface area contributed by atoms with E-state index in [-0.39, 0.29) is 5.91 Å². The molecule has 1 aliphatic heterocycles. The van der Waals surface area contributed by atoms with Gasteiger partial charge in [-0.3, -0.25) is 9.36 Å². The van der Waals surface area contributed by atoms with Crippen LogP contribution in [0.15, 0.2) is 45.6 Å². The number of aryl methyl sites for hydroxylation is 3. The second-order valence-corrected chi connectivity index (χ2v) is 7.15. The van der Waals surface area contributed by atoms with E-state index in [0.717, 1.165) is 13.1 Å². The lowest BCUT2D eigenvalue weighted by Crippen LogP contribution is -2.49. The summed E-state index contributed by atoms with van der Waals surface area (Å²) in [5, 5.41) is 0. The summed E-state index contributed by atoms with van der Waals surface area (Å²) in [5.74, 6) is -0.541. The van der Waals surface area contributed by atoms with Gasteiger partial charge < -0.3 is 14.2 Å². The van der Waals surface area contributed by atoms with Crippen LogP contribution in [0.5, 0.6) is 0 Å². The largest absolute Gasteiger partial charge is 0.419 e. The molecule has 1 fully saturated rings. The average molecular weight is 365 g/mol. The van der Waals surface area contributed by atoms with Gasteiger partial charge in [-0.25, -0.2) is 4.79 Å². The van der Waals surface area contributed by atoms with Crippen LogP contribution in [0.2, 0.25) is 0 Å². The van der Waals surface area contributed by atoms with Gasteiger partial charge in [0.15, 0.2) is 5.58 Å². The van der Waals surface area contributed by atoms with Crippen LogP contribution < -0.4 is 10.7 Å². The van der Waals surface area contributed by atoms with Crippen LogP contribution in [0.3, 0.4) is 0 Å². The van der Waals surface area contributed by atoms with Gasteiger partial charge in [0.2, 0.25) is 0 Å². The van der Waals surface area contributed by atoms with Crippen molar-refractivity contribution >= 4 is 22.7 Å². The van der Waals surface area contributed by atoms with Gasteiger partial charge in [0.05, 0.1) is 11.1 Å². The maximum absolute atomic E-state index is 13.0. The maximum Gasteiger partial charge on any atom is 0.419 e. The fourth-order valence-electron chi connectivity index (χ4n) is 3.70. The molecule has 0 atom stereocenters. The van der Waals surface area contributed by atoms with E-state index in [1.165, 1.54) is 21.4 Å². The summed E-state index contributed by atoms with van der Waals surface area (Å²) >= 11 is 0. The molecule has 1 saturated heterocycles. The molecule has 0 spiro atoms. The third-order valence-corrected chi connectivity index (χ3v) is 5.32. The highest BCUT2D eigenvalue weighted by molar-refractivity contribution is 6.04. The molecule has 0 unspecified atom stereocenters. The standard InChI is InChI=1S/C21H23N3O3/c1-14-7-8-15(2)18(13-14)23-9-11-24(12-10-23)20(25)16-5-4-6-17-19(16)27-21(26)22(17)3/h4-8,13H,9-12H2,1-3H3. The van der Waals surface area contributed by atoms with Gasteiger partial charge in [-0.2, -0.15) is 0 Å². The van der Waals surface area contributed by atoms with Gasteiger partial charge in [0.25, 0.3) is 5.91 Å². The van der Waals surface area contributed by atoms with Crippen LogP contribution in [0.4, 0.5) is 5.69 Å². The van der Waals surface area contributed by atoms with Gasteiger partial charge in [-0.1, -0.05) is 18.2 Å². The number of benzene rings is 2. The molecule has 1 aromatic heterocycles. The summed E-state index contributed by atoms with van der Waals surface area (Å²) in [7, 11) is 1.64. The Hall–Kier alpha value is -3.02. The number of piperazine rings is 1. The third-order valence-electron chi connectivity index (χ3n) is 5.32. The maximum atomic E-state index is 13.0. The van der Waals surface area contributed by atoms with Crippen molar-refractivity contribution in [2.24, 2.45) is 7.05 Å². The summed E-state index contributed by atoms with van der Waals surface area (Å²) in [4.78, 5) is 29.0. The Balaban J connectivity index is 1.55. The molecule has 6 heteroatoms. The Morgan fingerprint density at radius 3 is 2.52 bits per heavy atom. The highest BCUT2D eigenvalue weighted by Crippen LogP contribution is 2.24. The molecule has 4 rings (SSSR count). The summed E-state index contributed by atoms with van der Waals surface area (Å²) < 4.78 is 6.73. The summed E-state index contributed by atoms with van der Waals surface area (Å²) in [6.45, 7) is 7.05. The van der Waals surface area contributed by atoms with Crippen LogP contribution in [0.1, 0.15) is 21.5 Å². The Kier molecular flexibility index (Phi) is 4.26. The van der Waals surface area contributed by atoms with Crippen LogP contribution in [0.25, 0.3) is 11.1 Å². The van der Waals surface area contributed by atoms with E-state index in [1.807, 2.05) is 4.90 Å². The molecule has 2 aromatic carbocycles. The first-order chi connectivity index (χ1) is 13.0. The van der Waals surface area contributed by atoms with E-state index in [9.17, 15) is 9.59 Å². The van der Waals surface area contributed by atoms with E-state index in [1.54, 1.807) is 25.2 Å². The van der Waals surface area contributed by atoms with E-state index in [0.29, 0.717) is 29.8 Å². The Bertz CT molecular complexity index is 1070. The molecule has 0 aliphatic carbocycles. The number of anilines is 1. The Labute approximate surface area is 157 Å². The minimum absolute atomic E-state index is 0.0874. The molecule has 1 amide bonds. The number of carbonyl (C=O) groups is 1. The number of carbonyl (C=O) groups excluding carboxylic acids is 1. The first-order valence-electron chi connectivity index (χ1n) is 9.16. The number of oxazole rings is 1. The van der Waals surface area contributed by atoms with E-state index < -0.39 is 5.76 Å². The number of rotatable bonds is 2. The minimum Gasteiger partial charge on any atom is -0.407 e. The molecule has 2 heterocycles. The van der Waals surface area contributed by atoms with Gasteiger partial charge >= 0.3 is 5.76 Å². The number of aromatic nitrogens is 1. The average Bonchev–Trinajstić information content (AvgIpc) is 2.97. The van der Waals surface area contributed by atoms with Gasteiger partial charge in [0, 0.05) is 38.9 Å². The van der Waals surface area contributed by atoms with Crippen LogP contribution in [-0.4, -0.2) is 41.6 Å². The number of fused-ring (bicyclic) bond motifs is 1. The van der Waals surface area contributed by atoms with E-state index in [4.69, 9.17) is 4.42 Å². The lowest BCUT2D eigenvalue weighted by atomic mass is 10.1. The van der Waals surface area contributed by atoms with Crippen molar-refractivity contribution in [3.63, 3.8) is 0 Å². The first-order valence-corrected chi connectivity index (χ1v) is 9.16. The van der Waals surface area contributed by atoms with E-state index in [2.05, 4.69) is 36.9 Å². The van der Waals surface area contributed by atoms with Crippen LogP contribution >= 0.6 is 0 Å². The lowest BCUT2D eigenvalue weighted by molar-refractivity contribution is 0.0747. The first kappa shape index (κ1) is 17.4. The molecule has 1 aliphatic rings. The lowest BCUT2D eigenvalue weighted by Gasteiger charge is -2.37. The fraction of sp³-hybridized carbons (Fsp3) is 0.333. The smallest absolute Gasteiger partial charge is 0.407 e. The zero-order valence-corrected chi connectivity index (χ0v) is 15.9. The van der Waals surface area contributed by atoms with Crippen LogP contribution in [0, 0.1) is 13.8 Å². The number of nitrogens with zero attached hydrogens (tertiary/aromatic N) is 3. The van der Waals surface area contributed by atoms with Gasteiger partial charge in [0.1, 0.15) is 0 Å². The zero-order chi connectivity index (χ0) is 19.1. The molecule has 0 N–H and O–H groups in total. The van der Waals surface area contributed by atoms with Crippen molar-refractivity contribution in [1.82, 2.24) is 9.47 Å².